The number of ether oxygens (including phenoxy) is 4. The summed E-state index contributed by atoms with van der Waals surface area (Å²) in [5.41, 5.74) is 0. The Labute approximate surface area is 362 Å². The van der Waals surface area contributed by atoms with Crippen LogP contribution in [0.15, 0.2) is 24.3 Å². The van der Waals surface area contributed by atoms with Crippen LogP contribution in [-0.4, -0.2) is 89.6 Å². The quantitative estimate of drug-likeness (QED) is 0.0269. The summed E-state index contributed by atoms with van der Waals surface area (Å²) in [7, 11) is 0. The number of hydrogen-bond donors (Lipinski definition) is 4. The van der Waals surface area contributed by atoms with Gasteiger partial charge < -0.3 is 39.4 Å². The van der Waals surface area contributed by atoms with Gasteiger partial charge in [-0.05, 0) is 44.9 Å². The molecule has 0 spiro atoms. The molecule has 4 N–H and O–H groups in total. The van der Waals surface area contributed by atoms with Crippen molar-refractivity contribution >= 4 is 5.97 Å². The molecule has 9 heteroatoms. The second-order valence-electron chi connectivity index (χ2n) is 17.3. The Morgan fingerprint density at radius 1 is 0.542 bits per heavy atom. The van der Waals surface area contributed by atoms with Crippen molar-refractivity contribution in [3.8, 4) is 0 Å². The van der Waals surface area contributed by atoms with E-state index in [2.05, 4.69) is 38.2 Å². The van der Waals surface area contributed by atoms with Gasteiger partial charge in [-0.25, -0.2) is 0 Å². The minimum atomic E-state index is -1.53. The van der Waals surface area contributed by atoms with Gasteiger partial charge in [0.05, 0.1) is 19.8 Å². The Balaban J connectivity index is 2.16. The lowest BCUT2D eigenvalue weighted by Gasteiger charge is -2.39. The van der Waals surface area contributed by atoms with Crippen molar-refractivity contribution in [2.75, 3.05) is 26.4 Å². The lowest BCUT2D eigenvalue weighted by Crippen LogP contribution is -2.59. The molecule has 1 rings (SSSR count). The maximum absolute atomic E-state index is 12.8. The average Bonchev–Trinajstić information content (AvgIpc) is 3.24. The monoisotopic (exact) mass is 839 g/mol. The minimum absolute atomic E-state index is 0.109. The fourth-order valence-corrected chi connectivity index (χ4v) is 7.70. The van der Waals surface area contributed by atoms with Crippen LogP contribution in [0.5, 0.6) is 0 Å². The van der Waals surface area contributed by atoms with Crippen molar-refractivity contribution in [2.45, 2.75) is 263 Å². The predicted octanol–water partition coefficient (Wildman–Crippen LogP) is 11.8. The SMILES string of the molecule is CCCCCCC/C=C\C/C=C\CCCCCCCCCCCCCCOCC(COC1OC(CO)C(O)C(O)C1O)OC(=O)CCCCCCCCCCCCCC. The van der Waals surface area contributed by atoms with Crippen LogP contribution in [0.1, 0.15) is 226 Å². The van der Waals surface area contributed by atoms with Gasteiger partial charge in [0.25, 0.3) is 0 Å². The van der Waals surface area contributed by atoms with Crippen LogP contribution < -0.4 is 0 Å². The highest BCUT2D eigenvalue weighted by Gasteiger charge is 2.44. The Bertz CT molecular complexity index is 957. The summed E-state index contributed by atoms with van der Waals surface area (Å²) in [5, 5.41) is 40.2. The van der Waals surface area contributed by atoms with E-state index < -0.39 is 43.4 Å². The van der Waals surface area contributed by atoms with Gasteiger partial charge in [-0.3, -0.25) is 4.79 Å². The molecule has 0 aromatic heterocycles. The number of esters is 1. The first-order valence-corrected chi connectivity index (χ1v) is 24.9. The Hall–Kier alpha value is -1.33. The van der Waals surface area contributed by atoms with E-state index in [1.165, 1.54) is 167 Å². The van der Waals surface area contributed by atoms with Crippen molar-refractivity contribution in [3.05, 3.63) is 24.3 Å². The zero-order chi connectivity index (χ0) is 42.9. The molecule has 348 valence electrons. The summed E-state index contributed by atoms with van der Waals surface area (Å²) in [6, 6.07) is 0. The number of rotatable bonds is 43. The van der Waals surface area contributed by atoms with Crippen LogP contribution in [0.25, 0.3) is 0 Å². The zero-order valence-corrected chi connectivity index (χ0v) is 38.3. The number of aliphatic hydroxyl groups excluding tert-OH is 4. The summed E-state index contributed by atoms with van der Waals surface area (Å²) >= 11 is 0. The normalized spacial score (nSPS) is 20.3. The third-order valence-electron chi connectivity index (χ3n) is 11.6. The zero-order valence-electron chi connectivity index (χ0n) is 38.3. The van der Waals surface area contributed by atoms with Crippen LogP contribution in [0, 0.1) is 0 Å². The number of allylic oxidation sites excluding steroid dienone is 4. The fourth-order valence-electron chi connectivity index (χ4n) is 7.70. The van der Waals surface area contributed by atoms with Crippen LogP contribution in [0.3, 0.4) is 0 Å². The van der Waals surface area contributed by atoms with Crippen molar-refractivity contribution in [1.82, 2.24) is 0 Å². The van der Waals surface area contributed by atoms with E-state index in [1.54, 1.807) is 0 Å². The van der Waals surface area contributed by atoms with Gasteiger partial charge in [0.2, 0.25) is 0 Å². The maximum atomic E-state index is 12.8. The summed E-state index contributed by atoms with van der Waals surface area (Å²) in [6.07, 6.45) is 42.1. The Kier molecular flexibility index (Phi) is 39.6. The number of aliphatic hydroxyl groups is 4. The standard InChI is InChI=1S/C50H94O9/c1-3-5-7-9-11-13-15-17-18-19-20-21-22-23-24-25-26-27-28-30-32-34-36-38-40-56-42-44(43-57-50-49(55)48(54)47(53)45(41-51)59-50)58-46(52)39-37-35-33-31-29-16-14-12-10-8-6-4-2/h15,17,19-20,44-45,47-51,53-55H,3-14,16,18,21-43H2,1-2H3/b17-15-,20-19-. The average molecular weight is 839 g/mol. The second-order valence-corrected chi connectivity index (χ2v) is 17.3. The predicted molar refractivity (Wildman–Crippen MR) is 242 cm³/mol. The van der Waals surface area contributed by atoms with E-state index in [9.17, 15) is 25.2 Å². The first-order valence-electron chi connectivity index (χ1n) is 24.9. The smallest absolute Gasteiger partial charge is 0.306 e. The molecule has 59 heavy (non-hydrogen) atoms. The Morgan fingerprint density at radius 3 is 1.46 bits per heavy atom. The van der Waals surface area contributed by atoms with Gasteiger partial charge in [0, 0.05) is 13.0 Å². The van der Waals surface area contributed by atoms with Crippen LogP contribution >= 0.6 is 0 Å². The van der Waals surface area contributed by atoms with E-state index >= 15 is 0 Å². The van der Waals surface area contributed by atoms with Gasteiger partial charge in [0.1, 0.15) is 30.5 Å². The van der Waals surface area contributed by atoms with E-state index in [-0.39, 0.29) is 19.2 Å². The number of carbonyl (C=O) groups is 1. The van der Waals surface area contributed by atoms with Gasteiger partial charge in [-0.1, -0.05) is 199 Å². The van der Waals surface area contributed by atoms with Gasteiger partial charge in [-0.15, -0.1) is 0 Å². The lowest BCUT2D eigenvalue weighted by molar-refractivity contribution is -0.305. The molecule has 0 radical (unpaired) electrons. The van der Waals surface area contributed by atoms with Crippen LogP contribution in [-0.2, 0) is 23.7 Å². The summed E-state index contributed by atoms with van der Waals surface area (Å²) in [6.45, 7) is 4.57. The van der Waals surface area contributed by atoms with E-state index in [1.807, 2.05) is 0 Å². The second kappa shape index (κ2) is 42.0. The highest BCUT2D eigenvalue weighted by atomic mass is 16.7. The van der Waals surface area contributed by atoms with Crippen molar-refractivity contribution in [2.24, 2.45) is 0 Å². The van der Waals surface area contributed by atoms with Gasteiger partial charge in [0.15, 0.2) is 6.29 Å². The number of carbonyl (C=O) groups excluding carboxylic acids is 1. The number of unbranched alkanes of at least 4 members (excludes halogenated alkanes) is 28. The molecule has 6 unspecified atom stereocenters. The topological polar surface area (TPSA) is 135 Å². The molecule has 0 saturated carbocycles. The molecule has 1 saturated heterocycles. The first kappa shape index (κ1) is 55.7. The molecule has 6 atom stereocenters. The van der Waals surface area contributed by atoms with E-state index in [0.717, 1.165) is 38.5 Å². The third-order valence-corrected chi connectivity index (χ3v) is 11.6. The molecule has 9 nitrogen and oxygen atoms in total. The summed E-state index contributed by atoms with van der Waals surface area (Å²) in [5.74, 6) is -0.312. The molecule has 1 fully saturated rings. The molecule has 0 aromatic rings. The summed E-state index contributed by atoms with van der Waals surface area (Å²) in [4.78, 5) is 12.8. The van der Waals surface area contributed by atoms with Crippen molar-refractivity contribution < 1.29 is 44.2 Å². The van der Waals surface area contributed by atoms with Crippen LogP contribution in [0.4, 0.5) is 0 Å². The molecule has 0 bridgehead atoms. The molecule has 0 aliphatic carbocycles. The maximum Gasteiger partial charge on any atom is 0.306 e. The molecular formula is C50H94O9. The van der Waals surface area contributed by atoms with E-state index in [4.69, 9.17) is 18.9 Å². The van der Waals surface area contributed by atoms with Crippen molar-refractivity contribution in [3.63, 3.8) is 0 Å². The van der Waals surface area contributed by atoms with Gasteiger partial charge in [-0.2, -0.15) is 0 Å². The molecular weight excluding hydrogens is 745 g/mol. The highest BCUT2D eigenvalue weighted by Crippen LogP contribution is 2.23. The third kappa shape index (κ3) is 33.0. The molecule has 1 heterocycles. The van der Waals surface area contributed by atoms with Crippen molar-refractivity contribution in [1.29, 1.82) is 0 Å². The van der Waals surface area contributed by atoms with Crippen LogP contribution in [0.2, 0.25) is 0 Å². The molecule has 1 aliphatic heterocycles. The van der Waals surface area contributed by atoms with E-state index in [0.29, 0.717) is 13.0 Å². The number of hydrogen-bond acceptors (Lipinski definition) is 9. The van der Waals surface area contributed by atoms with Gasteiger partial charge >= 0.3 is 5.97 Å². The highest BCUT2D eigenvalue weighted by molar-refractivity contribution is 5.69. The first-order chi connectivity index (χ1) is 28.9. The molecule has 0 aromatic carbocycles. The summed E-state index contributed by atoms with van der Waals surface area (Å²) < 4.78 is 22.9. The fraction of sp³-hybridized carbons (Fsp3) is 0.900. The molecule has 1 aliphatic rings. The lowest BCUT2D eigenvalue weighted by atomic mass is 9.99. The minimum Gasteiger partial charge on any atom is -0.457 e. The largest absolute Gasteiger partial charge is 0.457 e. The molecule has 0 amide bonds. The Morgan fingerprint density at radius 2 is 0.983 bits per heavy atom.